The van der Waals surface area contributed by atoms with E-state index in [9.17, 15) is 4.79 Å². The fraction of sp³-hybridized carbons (Fsp3) is 0.300. The van der Waals surface area contributed by atoms with Gasteiger partial charge in [0.2, 0.25) is 5.91 Å². The van der Waals surface area contributed by atoms with Crippen LogP contribution in [0.2, 0.25) is 5.02 Å². The average molecular weight is 433 g/mol. The lowest BCUT2D eigenvalue weighted by Crippen LogP contribution is -2.49. The molecule has 134 valence electrons. The van der Waals surface area contributed by atoms with E-state index < -0.39 is 0 Å². The summed E-state index contributed by atoms with van der Waals surface area (Å²) < 4.78 is 0. The molecule has 1 aromatic heterocycles. The third-order valence-corrected chi connectivity index (χ3v) is 5.76. The minimum atomic E-state index is 0.157. The summed E-state index contributed by atoms with van der Waals surface area (Å²) in [5, 5.41) is 1.79. The fourth-order valence-electron chi connectivity index (χ4n) is 3.53. The lowest BCUT2D eigenvalue weighted by Gasteiger charge is -2.37. The van der Waals surface area contributed by atoms with Gasteiger partial charge >= 0.3 is 0 Å². The molecular formula is C20H19BrClN3O. The number of rotatable bonds is 2. The molecule has 1 aliphatic heterocycles. The van der Waals surface area contributed by atoms with Crippen LogP contribution < -0.4 is 4.90 Å². The monoisotopic (exact) mass is 431 g/mol. The Kier molecular flexibility index (Phi) is 5.00. The van der Waals surface area contributed by atoms with Crippen molar-refractivity contribution < 1.29 is 4.79 Å². The van der Waals surface area contributed by atoms with Crippen molar-refractivity contribution in [3.63, 3.8) is 0 Å². The van der Waals surface area contributed by atoms with Crippen molar-refractivity contribution in [1.29, 1.82) is 0 Å². The molecule has 2 heterocycles. The highest BCUT2D eigenvalue weighted by molar-refractivity contribution is 9.09. The van der Waals surface area contributed by atoms with Crippen LogP contribution in [0.15, 0.2) is 54.3 Å². The average Bonchev–Trinajstić information content (AvgIpc) is 2.67. The summed E-state index contributed by atoms with van der Waals surface area (Å²) in [6.45, 7) is 3.08. The van der Waals surface area contributed by atoms with E-state index in [0.717, 1.165) is 54.8 Å². The zero-order valence-corrected chi connectivity index (χ0v) is 16.6. The smallest absolute Gasteiger partial charge is 0.249 e. The van der Waals surface area contributed by atoms with Gasteiger partial charge in [0.1, 0.15) is 0 Å². The molecule has 1 aromatic carbocycles. The molecule has 26 heavy (non-hydrogen) atoms. The molecule has 0 radical (unpaired) electrons. The number of nitrogens with zero attached hydrogens (tertiary/aromatic N) is 3. The third kappa shape index (κ3) is 3.51. The van der Waals surface area contributed by atoms with Crippen LogP contribution in [0.3, 0.4) is 0 Å². The quantitative estimate of drug-likeness (QED) is 0.668. The molecule has 0 saturated carbocycles. The Hall–Kier alpha value is -1.85. The predicted octanol–water partition coefficient (Wildman–Crippen LogP) is 4.19. The number of alkyl halides is 1. The Balaban J connectivity index is 1.48. The molecule has 1 atom stereocenters. The lowest BCUT2D eigenvalue weighted by atomic mass is 10.0. The Bertz CT molecular complexity index is 903. The topological polar surface area (TPSA) is 36.4 Å². The molecule has 2 aromatic rings. The van der Waals surface area contributed by atoms with Gasteiger partial charge in [0, 0.05) is 58.9 Å². The van der Waals surface area contributed by atoms with Crippen molar-refractivity contribution in [2.24, 2.45) is 0 Å². The summed E-state index contributed by atoms with van der Waals surface area (Å²) in [7, 11) is 0. The second-order valence-electron chi connectivity index (χ2n) is 6.57. The normalized spacial score (nSPS) is 20.4. The van der Waals surface area contributed by atoms with Gasteiger partial charge in [0.05, 0.1) is 5.52 Å². The molecule has 6 heteroatoms. The fourth-order valence-corrected chi connectivity index (χ4v) is 4.22. The van der Waals surface area contributed by atoms with Crippen LogP contribution in [0, 0.1) is 0 Å². The number of fused-ring (bicyclic) bond motifs is 1. The second-order valence-corrected chi connectivity index (χ2v) is 8.18. The van der Waals surface area contributed by atoms with Crippen molar-refractivity contribution in [1.82, 2.24) is 9.88 Å². The van der Waals surface area contributed by atoms with Crippen LogP contribution in [0.25, 0.3) is 10.9 Å². The number of hydrogen-bond donors (Lipinski definition) is 0. The summed E-state index contributed by atoms with van der Waals surface area (Å²) in [6.07, 6.45) is 8.54. The van der Waals surface area contributed by atoms with Crippen LogP contribution >= 0.6 is 27.5 Å². The first-order chi connectivity index (χ1) is 12.6. The lowest BCUT2D eigenvalue weighted by molar-refractivity contribution is -0.127. The van der Waals surface area contributed by atoms with E-state index in [4.69, 9.17) is 11.6 Å². The zero-order valence-electron chi connectivity index (χ0n) is 14.2. The first-order valence-electron chi connectivity index (χ1n) is 8.72. The van der Waals surface area contributed by atoms with E-state index in [1.165, 1.54) is 0 Å². The summed E-state index contributed by atoms with van der Waals surface area (Å²) in [5.41, 5.74) is 2.93. The minimum absolute atomic E-state index is 0.157. The molecule has 2 aliphatic rings. The maximum Gasteiger partial charge on any atom is 0.249 e. The number of benzene rings is 1. The highest BCUT2D eigenvalue weighted by Gasteiger charge is 2.25. The van der Waals surface area contributed by atoms with Gasteiger partial charge in [-0.25, -0.2) is 0 Å². The summed E-state index contributed by atoms with van der Waals surface area (Å²) in [5.74, 6) is 0.157. The van der Waals surface area contributed by atoms with Gasteiger partial charge in [-0.3, -0.25) is 9.78 Å². The zero-order chi connectivity index (χ0) is 18.1. The molecule has 0 N–H and O–H groups in total. The van der Waals surface area contributed by atoms with Crippen molar-refractivity contribution in [3.8, 4) is 0 Å². The Morgan fingerprint density at radius 3 is 2.77 bits per heavy atom. The largest absolute Gasteiger partial charge is 0.367 e. The number of halogens is 2. The number of carbonyl (C=O) groups is 1. The highest BCUT2D eigenvalue weighted by Crippen LogP contribution is 2.28. The number of hydrogen-bond acceptors (Lipinski definition) is 3. The second kappa shape index (κ2) is 7.41. The number of allylic oxidation sites excluding steroid dienone is 3. The summed E-state index contributed by atoms with van der Waals surface area (Å²) in [4.78, 5) is 21.7. The Labute approximate surface area is 166 Å². The van der Waals surface area contributed by atoms with Crippen LogP contribution in [-0.2, 0) is 4.79 Å². The Morgan fingerprint density at radius 1 is 1.19 bits per heavy atom. The summed E-state index contributed by atoms with van der Waals surface area (Å²) >= 11 is 9.65. The maximum absolute atomic E-state index is 12.8. The molecule has 4 rings (SSSR count). The van der Waals surface area contributed by atoms with E-state index >= 15 is 0 Å². The number of aromatic nitrogens is 1. The van der Waals surface area contributed by atoms with Crippen LogP contribution in [0.1, 0.15) is 6.42 Å². The van der Waals surface area contributed by atoms with Gasteiger partial charge in [-0.15, -0.1) is 0 Å². The number of amides is 1. The summed E-state index contributed by atoms with van der Waals surface area (Å²) in [6, 6.07) is 7.85. The van der Waals surface area contributed by atoms with Gasteiger partial charge in [0.15, 0.2) is 0 Å². The number of pyridine rings is 1. The van der Waals surface area contributed by atoms with E-state index in [2.05, 4.69) is 31.9 Å². The molecule has 0 bridgehead atoms. The SMILES string of the molecule is O=C(C1=CC=CC(Br)C1)N1CCN(c2ccnc3cc(Cl)ccc23)CC1. The van der Waals surface area contributed by atoms with Crippen molar-refractivity contribution in [3.05, 3.63) is 59.3 Å². The van der Waals surface area contributed by atoms with Crippen molar-refractivity contribution in [2.45, 2.75) is 11.2 Å². The van der Waals surface area contributed by atoms with E-state index in [1.807, 2.05) is 47.5 Å². The molecular weight excluding hydrogens is 414 g/mol. The third-order valence-electron chi connectivity index (χ3n) is 4.90. The van der Waals surface area contributed by atoms with Crippen LogP contribution in [-0.4, -0.2) is 46.8 Å². The van der Waals surface area contributed by atoms with Gasteiger partial charge in [-0.05, 0) is 30.7 Å². The first kappa shape index (κ1) is 17.6. The molecule has 1 amide bonds. The molecule has 1 saturated heterocycles. The van der Waals surface area contributed by atoms with Crippen molar-refractivity contribution in [2.75, 3.05) is 31.1 Å². The van der Waals surface area contributed by atoms with E-state index in [-0.39, 0.29) is 10.7 Å². The predicted molar refractivity (Wildman–Crippen MR) is 110 cm³/mol. The molecule has 4 nitrogen and oxygen atoms in total. The van der Waals surface area contributed by atoms with Crippen molar-refractivity contribution >= 4 is 50.0 Å². The number of piperazine rings is 1. The first-order valence-corrected chi connectivity index (χ1v) is 10.0. The molecule has 1 unspecified atom stereocenters. The molecule has 1 aliphatic carbocycles. The van der Waals surface area contributed by atoms with Crippen LogP contribution in [0.5, 0.6) is 0 Å². The van der Waals surface area contributed by atoms with Gasteiger partial charge in [-0.1, -0.05) is 45.8 Å². The van der Waals surface area contributed by atoms with Crippen LogP contribution in [0.4, 0.5) is 5.69 Å². The Morgan fingerprint density at radius 2 is 2.00 bits per heavy atom. The van der Waals surface area contributed by atoms with Gasteiger partial charge in [0.25, 0.3) is 0 Å². The minimum Gasteiger partial charge on any atom is -0.367 e. The maximum atomic E-state index is 12.8. The standard InChI is InChI=1S/C20H19BrClN3O/c21-15-3-1-2-14(12-15)20(26)25-10-8-24(9-11-25)19-6-7-23-18-13-16(22)4-5-17(18)19/h1-7,13,15H,8-12H2. The van der Waals surface area contributed by atoms with Gasteiger partial charge < -0.3 is 9.80 Å². The number of anilines is 1. The number of carbonyl (C=O) groups excluding carboxylic acids is 1. The highest BCUT2D eigenvalue weighted by atomic mass is 79.9. The molecule has 0 spiro atoms. The molecule has 1 fully saturated rings. The van der Waals surface area contributed by atoms with Gasteiger partial charge in [-0.2, -0.15) is 0 Å². The van der Waals surface area contributed by atoms with E-state index in [0.29, 0.717) is 5.02 Å². The van der Waals surface area contributed by atoms with E-state index in [1.54, 1.807) is 0 Å².